The predicted octanol–water partition coefficient (Wildman–Crippen LogP) is 2.80. The number of anilines is 1. The summed E-state index contributed by atoms with van der Waals surface area (Å²) < 4.78 is 5.58. The quantitative estimate of drug-likeness (QED) is 0.688. The van der Waals surface area contributed by atoms with Gasteiger partial charge in [-0.2, -0.15) is 0 Å². The molecule has 0 unspecified atom stereocenters. The third-order valence-corrected chi connectivity index (χ3v) is 6.06. The molecule has 0 bridgehead atoms. The van der Waals surface area contributed by atoms with Crippen molar-refractivity contribution in [3.63, 3.8) is 0 Å². The van der Waals surface area contributed by atoms with Gasteiger partial charge >= 0.3 is 0 Å². The number of carbonyl (C=O) groups excluding carboxylic acids is 1. The molecule has 2 aromatic heterocycles. The maximum atomic E-state index is 12.3. The number of thiazole rings is 1. The second-order valence-electron chi connectivity index (χ2n) is 6.85. The number of hydrogen-bond donors (Lipinski definition) is 0. The molecule has 3 aromatic rings. The lowest BCUT2D eigenvalue weighted by molar-refractivity contribution is 0.0807. The summed E-state index contributed by atoms with van der Waals surface area (Å²) in [6.07, 6.45) is 1.62. The van der Waals surface area contributed by atoms with Crippen LogP contribution in [0.5, 0.6) is 0 Å². The van der Waals surface area contributed by atoms with Crippen LogP contribution < -0.4 is 4.90 Å². The average Bonchev–Trinajstić information content (AvgIpc) is 3.33. The monoisotopic (exact) mass is 385 g/mol. The van der Waals surface area contributed by atoms with Gasteiger partial charge in [-0.05, 0) is 26.1 Å². The molecular formula is C19H23N5O2S. The first kappa shape index (κ1) is 17.9. The van der Waals surface area contributed by atoms with E-state index in [1.165, 1.54) is 11.3 Å². The van der Waals surface area contributed by atoms with Crippen molar-refractivity contribution in [2.45, 2.75) is 6.92 Å². The fourth-order valence-electron chi connectivity index (χ4n) is 3.16. The lowest BCUT2D eigenvalue weighted by Crippen LogP contribution is -2.44. The molecular weight excluding hydrogens is 362 g/mol. The SMILES string of the molecule is CCN(C)C(=O)c1cnc(-c2noc3cc(N4CCN(C)CC4)ccc23)s1. The lowest BCUT2D eigenvalue weighted by atomic mass is 10.1. The Kier molecular flexibility index (Phi) is 4.84. The summed E-state index contributed by atoms with van der Waals surface area (Å²) in [5, 5.41) is 5.85. The summed E-state index contributed by atoms with van der Waals surface area (Å²) in [6, 6.07) is 6.19. The van der Waals surface area contributed by atoms with Crippen molar-refractivity contribution in [2.75, 3.05) is 51.7 Å². The summed E-state index contributed by atoms with van der Waals surface area (Å²) >= 11 is 1.35. The summed E-state index contributed by atoms with van der Waals surface area (Å²) in [5.41, 5.74) is 2.59. The number of carbonyl (C=O) groups is 1. The second kappa shape index (κ2) is 7.28. The fourth-order valence-corrected chi connectivity index (χ4v) is 4.06. The van der Waals surface area contributed by atoms with Crippen LogP contribution in [0.1, 0.15) is 16.6 Å². The number of aromatic nitrogens is 2. The zero-order valence-corrected chi connectivity index (χ0v) is 16.6. The zero-order chi connectivity index (χ0) is 19.0. The van der Waals surface area contributed by atoms with E-state index < -0.39 is 0 Å². The van der Waals surface area contributed by atoms with E-state index in [9.17, 15) is 4.79 Å². The van der Waals surface area contributed by atoms with E-state index in [0.717, 1.165) is 42.8 Å². The topological polar surface area (TPSA) is 65.7 Å². The highest BCUT2D eigenvalue weighted by molar-refractivity contribution is 7.17. The van der Waals surface area contributed by atoms with E-state index >= 15 is 0 Å². The highest BCUT2D eigenvalue weighted by Crippen LogP contribution is 2.33. The molecule has 0 N–H and O–H groups in total. The molecule has 1 saturated heterocycles. The third-order valence-electron chi connectivity index (χ3n) is 5.06. The summed E-state index contributed by atoms with van der Waals surface area (Å²) in [7, 11) is 3.93. The van der Waals surface area contributed by atoms with E-state index in [1.54, 1.807) is 18.1 Å². The van der Waals surface area contributed by atoms with Crippen molar-refractivity contribution in [3.8, 4) is 10.7 Å². The first-order chi connectivity index (χ1) is 13.1. The van der Waals surface area contributed by atoms with Crippen molar-refractivity contribution in [1.82, 2.24) is 19.9 Å². The standard InChI is InChI=1S/C19H23N5O2S/c1-4-23(3)19(25)16-12-20-18(27-16)17-14-6-5-13(11-15(14)26-21-17)24-9-7-22(2)8-10-24/h5-6,11-12H,4,7-10H2,1-3H3. The van der Waals surface area contributed by atoms with Crippen LogP contribution in [0, 0.1) is 0 Å². The van der Waals surface area contributed by atoms with Crippen LogP contribution >= 0.6 is 11.3 Å². The van der Waals surface area contributed by atoms with Crippen molar-refractivity contribution in [1.29, 1.82) is 0 Å². The van der Waals surface area contributed by atoms with Gasteiger partial charge in [-0.1, -0.05) is 5.16 Å². The molecule has 142 valence electrons. The Bertz CT molecular complexity index is 958. The molecule has 0 saturated carbocycles. The number of hydrogen-bond acceptors (Lipinski definition) is 7. The number of amides is 1. The Labute approximate surface area is 162 Å². The first-order valence-corrected chi connectivity index (χ1v) is 9.93. The van der Waals surface area contributed by atoms with Crippen molar-refractivity contribution in [3.05, 3.63) is 29.3 Å². The van der Waals surface area contributed by atoms with Crippen LogP contribution in [0.3, 0.4) is 0 Å². The molecule has 0 aliphatic carbocycles. The van der Waals surface area contributed by atoms with Gasteiger partial charge in [0.25, 0.3) is 5.91 Å². The van der Waals surface area contributed by atoms with Gasteiger partial charge in [0.15, 0.2) is 5.58 Å². The molecule has 3 heterocycles. The van der Waals surface area contributed by atoms with Gasteiger partial charge in [0.05, 0.1) is 11.6 Å². The van der Waals surface area contributed by atoms with Gasteiger partial charge in [-0.15, -0.1) is 11.3 Å². The molecule has 1 amide bonds. The zero-order valence-electron chi connectivity index (χ0n) is 15.8. The number of likely N-dealkylation sites (N-methyl/N-ethyl adjacent to an activating group) is 1. The Hall–Kier alpha value is -2.45. The minimum Gasteiger partial charge on any atom is -0.369 e. The molecule has 1 fully saturated rings. The van der Waals surface area contributed by atoms with Gasteiger partial charge in [0.2, 0.25) is 0 Å². The summed E-state index contributed by atoms with van der Waals surface area (Å²) in [4.78, 5) is 23.7. The molecule has 0 atom stereocenters. The largest absolute Gasteiger partial charge is 0.369 e. The van der Waals surface area contributed by atoms with E-state index in [-0.39, 0.29) is 5.91 Å². The maximum absolute atomic E-state index is 12.3. The molecule has 27 heavy (non-hydrogen) atoms. The molecule has 1 aromatic carbocycles. The van der Waals surface area contributed by atoms with Gasteiger partial charge in [0.1, 0.15) is 15.6 Å². The van der Waals surface area contributed by atoms with Gasteiger partial charge in [-0.3, -0.25) is 4.79 Å². The maximum Gasteiger partial charge on any atom is 0.265 e. The van der Waals surface area contributed by atoms with Crippen LogP contribution in [-0.2, 0) is 0 Å². The molecule has 7 nitrogen and oxygen atoms in total. The van der Waals surface area contributed by atoms with Gasteiger partial charge in [-0.25, -0.2) is 4.98 Å². The van der Waals surface area contributed by atoms with Crippen LogP contribution in [0.2, 0.25) is 0 Å². The number of nitrogens with zero attached hydrogens (tertiary/aromatic N) is 5. The fraction of sp³-hybridized carbons (Fsp3) is 0.421. The normalized spacial score (nSPS) is 15.4. The third kappa shape index (κ3) is 3.42. The smallest absolute Gasteiger partial charge is 0.265 e. The summed E-state index contributed by atoms with van der Waals surface area (Å²) in [5.74, 6) is -0.0218. The molecule has 1 aliphatic heterocycles. The van der Waals surface area contributed by atoms with E-state index in [4.69, 9.17) is 4.52 Å². The average molecular weight is 385 g/mol. The van der Waals surface area contributed by atoms with E-state index in [2.05, 4.69) is 33.1 Å². The van der Waals surface area contributed by atoms with Crippen LogP contribution in [0.4, 0.5) is 5.69 Å². The Balaban J connectivity index is 1.61. The highest BCUT2D eigenvalue weighted by atomic mass is 32.1. The Morgan fingerprint density at radius 1 is 1.30 bits per heavy atom. The predicted molar refractivity (Wildman–Crippen MR) is 107 cm³/mol. The van der Waals surface area contributed by atoms with Crippen molar-refractivity contribution in [2.24, 2.45) is 0 Å². The van der Waals surface area contributed by atoms with Crippen LogP contribution in [0.25, 0.3) is 21.7 Å². The molecule has 0 radical (unpaired) electrons. The molecule has 4 rings (SSSR count). The van der Waals surface area contributed by atoms with E-state index in [1.807, 2.05) is 19.1 Å². The van der Waals surface area contributed by atoms with Crippen LogP contribution in [-0.4, -0.2) is 72.7 Å². The summed E-state index contributed by atoms with van der Waals surface area (Å²) in [6.45, 7) is 6.73. The van der Waals surface area contributed by atoms with Crippen molar-refractivity contribution < 1.29 is 9.32 Å². The van der Waals surface area contributed by atoms with E-state index in [0.29, 0.717) is 22.1 Å². The van der Waals surface area contributed by atoms with Gasteiger partial charge < -0.3 is 19.2 Å². The Morgan fingerprint density at radius 2 is 2.07 bits per heavy atom. The number of piperazine rings is 1. The number of benzene rings is 1. The first-order valence-electron chi connectivity index (χ1n) is 9.11. The lowest BCUT2D eigenvalue weighted by Gasteiger charge is -2.33. The number of fused-ring (bicyclic) bond motifs is 1. The van der Waals surface area contributed by atoms with Crippen LogP contribution in [0.15, 0.2) is 28.9 Å². The highest BCUT2D eigenvalue weighted by Gasteiger charge is 2.20. The number of rotatable bonds is 4. The van der Waals surface area contributed by atoms with Gasteiger partial charge in [0, 0.05) is 51.5 Å². The Morgan fingerprint density at radius 3 is 2.81 bits per heavy atom. The minimum atomic E-state index is -0.0218. The van der Waals surface area contributed by atoms with Crippen molar-refractivity contribution >= 4 is 33.9 Å². The minimum absolute atomic E-state index is 0.0218. The molecule has 8 heteroatoms. The molecule has 0 spiro atoms. The molecule has 1 aliphatic rings. The second-order valence-corrected chi connectivity index (χ2v) is 7.88.